The van der Waals surface area contributed by atoms with E-state index in [1.54, 1.807) is 0 Å². The molecule has 0 amide bonds. The molecule has 0 saturated carbocycles. The number of rotatable bonds is 4. The first-order valence-electron chi connectivity index (χ1n) is 6.44. The number of benzene rings is 2. The fourth-order valence-corrected chi connectivity index (χ4v) is 1.87. The third-order valence-corrected chi connectivity index (χ3v) is 3.16. The van der Waals surface area contributed by atoms with Gasteiger partial charge in [-0.15, -0.1) is 0 Å². The molecule has 2 nitrogen and oxygen atoms in total. The van der Waals surface area contributed by atoms with Crippen molar-refractivity contribution in [3.8, 4) is 0 Å². The average molecular weight is 250 g/mol. The van der Waals surface area contributed by atoms with E-state index in [1.807, 2.05) is 24.3 Å². The van der Waals surface area contributed by atoms with E-state index in [0.29, 0.717) is 13.1 Å². The maximum absolute atomic E-state index is 4.23. The summed E-state index contributed by atoms with van der Waals surface area (Å²) in [5.74, 6) is 0. The van der Waals surface area contributed by atoms with Crippen molar-refractivity contribution in [2.45, 2.75) is 26.9 Å². The van der Waals surface area contributed by atoms with Crippen LogP contribution in [-0.4, -0.2) is 6.01 Å². The Morgan fingerprint density at radius 2 is 1.16 bits per heavy atom. The minimum Gasteiger partial charge on any atom is -0.221 e. The second-order valence-corrected chi connectivity index (χ2v) is 4.59. The molecule has 0 bridgehead atoms. The summed E-state index contributed by atoms with van der Waals surface area (Å²) in [6, 6.07) is 19.3. The lowest BCUT2D eigenvalue weighted by Gasteiger charge is -1.99. The SMILES string of the molecule is Cc1ccccc1CN=C=NCc1ccccc1C. The molecule has 0 aliphatic heterocycles. The van der Waals surface area contributed by atoms with Crippen molar-refractivity contribution in [3.05, 3.63) is 70.8 Å². The van der Waals surface area contributed by atoms with Crippen molar-refractivity contribution in [1.82, 2.24) is 0 Å². The second-order valence-electron chi connectivity index (χ2n) is 4.59. The molecule has 2 aromatic carbocycles. The van der Waals surface area contributed by atoms with Crippen LogP contribution < -0.4 is 0 Å². The van der Waals surface area contributed by atoms with Crippen molar-refractivity contribution >= 4 is 6.01 Å². The largest absolute Gasteiger partial charge is 0.221 e. The van der Waals surface area contributed by atoms with Gasteiger partial charge in [-0.3, -0.25) is 0 Å². The zero-order valence-electron chi connectivity index (χ0n) is 11.4. The first kappa shape index (κ1) is 13.3. The standard InChI is InChI=1S/C17H18N2/c1-14-7-3-5-9-16(14)11-18-13-19-12-17-10-6-4-8-15(17)2/h3-10H,11-12H2,1-2H3. The fraction of sp³-hybridized carbons (Fsp3) is 0.235. The van der Waals surface area contributed by atoms with Gasteiger partial charge in [0.1, 0.15) is 0 Å². The molecule has 0 unspecified atom stereocenters. The number of aryl methyl sites for hydroxylation is 2. The van der Waals surface area contributed by atoms with Crippen LogP contribution in [0.2, 0.25) is 0 Å². The van der Waals surface area contributed by atoms with Crippen LogP contribution in [0.4, 0.5) is 0 Å². The number of hydrogen-bond acceptors (Lipinski definition) is 2. The molecular weight excluding hydrogens is 232 g/mol. The molecule has 96 valence electrons. The molecule has 0 saturated heterocycles. The zero-order valence-corrected chi connectivity index (χ0v) is 11.4. The van der Waals surface area contributed by atoms with Crippen LogP contribution in [0.5, 0.6) is 0 Å². The molecule has 0 fully saturated rings. The summed E-state index contributed by atoms with van der Waals surface area (Å²) in [6.45, 7) is 5.47. The summed E-state index contributed by atoms with van der Waals surface area (Å²) in [5.41, 5.74) is 4.96. The molecule has 2 aromatic rings. The monoisotopic (exact) mass is 250 g/mol. The maximum Gasteiger partial charge on any atom is 0.0899 e. The van der Waals surface area contributed by atoms with Crippen molar-refractivity contribution in [3.63, 3.8) is 0 Å². The van der Waals surface area contributed by atoms with Crippen molar-refractivity contribution in [2.75, 3.05) is 0 Å². The van der Waals surface area contributed by atoms with Crippen LogP contribution in [-0.2, 0) is 13.1 Å². The molecule has 0 aromatic heterocycles. The predicted molar refractivity (Wildman–Crippen MR) is 79.6 cm³/mol. The lowest BCUT2D eigenvalue weighted by molar-refractivity contribution is 1.02. The van der Waals surface area contributed by atoms with Crippen molar-refractivity contribution < 1.29 is 0 Å². The molecule has 0 N–H and O–H groups in total. The van der Waals surface area contributed by atoms with E-state index in [1.165, 1.54) is 22.3 Å². The molecule has 0 spiro atoms. The number of aliphatic imine (C=N–C) groups is 2. The first-order chi connectivity index (χ1) is 9.27. The fourth-order valence-electron chi connectivity index (χ4n) is 1.87. The predicted octanol–water partition coefficient (Wildman–Crippen LogP) is 4.18. The van der Waals surface area contributed by atoms with Gasteiger partial charge in [-0.2, -0.15) is 0 Å². The Bertz CT molecular complexity index is 557. The van der Waals surface area contributed by atoms with Gasteiger partial charge in [0.15, 0.2) is 0 Å². The molecule has 0 aliphatic rings. The first-order valence-corrected chi connectivity index (χ1v) is 6.44. The topological polar surface area (TPSA) is 24.7 Å². The molecular formula is C17H18N2. The summed E-state index contributed by atoms with van der Waals surface area (Å²) in [5, 5.41) is 0. The molecule has 2 rings (SSSR count). The average Bonchev–Trinajstić information content (AvgIpc) is 2.42. The highest BCUT2D eigenvalue weighted by Gasteiger charge is 1.94. The van der Waals surface area contributed by atoms with E-state index >= 15 is 0 Å². The Kier molecular flexibility index (Phi) is 4.66. The van der Waals surface area contributed by atoms with Gasteiger partial charge in [-0.05, 0) is 36.1 Å². The third kappa shape index (κ3) is 3.90. The Labute approximate surface area is 114 Å². The maximum atomic E-state index is 4.23. The van der Waals surface area contributed by atoms with Gasteiger partial charge in [0.25, 0.3) is 0 Å². The van der Waals surface area contributed by atoms with Crippen molar-refractivity contribution in [2.24, 2.45) is 9.98 Å². The highest BCUT2D eigenvalue weighted by atomic mass is 14.8. The zero-order chi connectivity index (χ0) is 13.5. The van der Waals surface area contributed by atoms with E-state index in [9.17, 15) is 0 Å². The Morgan fingerprint density at radius 3 is 1.58 bits per heavy atom. The van der Waals surface area contributed by atoms with Gasteiger partial charge in [0.05, 0.1) is 19.1 Å². The summed E-state index contributed by atoms with van der Waals surface area (Å²) >= 11 is 0. The summed E-state index contributed by atoms with van der Waals surface area (Å²) < 4.78 is 0. The molecule has 2 heteroatoms. The minimum atomic E-state index is 0.643. The number of hydrogen-bond donors (Lipinski definition) is 0. The molecule has 0 heterocycles. The van der Waals surface area contributed by atoms with Crippen molar-refractivity contribution in [1.29, 1.82) is 0 Å². The van der Waals surface area contributed by atoms with Crippen LogP contribution in [0.25, 0.3) is 0 Å². The highest BCUT2D eigenvalue weighted by Crippen LogP contribution is 2.08. The summed E-state index contributed by atoms with van der Waals surface area (Å²) in [6.07, 6.45) is 0. The Hall–Kier alpha value is -2.18. The van der Waals surface area contributed by atoms with E-state index in [2.05, 4.69) is 54.1 Å². The van der Waals surface area contributed by atoms with E-state index < -0.39 is 0 Å². The van der Waals surface area contributed by atoms with E-state index in [0.717, 1.165) is 0 Å². The molecule has 0 radical (unpaired) electrons. The van der Waals surface area contributed by atoms with Crippen LogP contribution in [0.3, 0.4) is 0 Å². The minimum absolute atomic E-state index is 0.643. The van der Waals surface area contributed by atoms with Gasteiger partial charge in [-0.25, -0.2) is 9.98 Å². The molecule has 19 heavy (non-hydrogen) atoms. The van der Waals surface area contributed by atoms with Crippen LogP contribution in [0.1, 0.15) is 22.3 Å². The van der Waals surface area contributed by atoms with Gasteiger partial charge >= 0.3 is 0 Å². The summed E-state index contributed by atoms with van der Waals surface area (Å²) in [7, 11) is 0. The van der Waals surface area contributed by atoms with Gasteiger partial charge in [-0.1, -0.05) is 48.5 Å². The lowest BCUT2D eigenvalue weighted by Crippen LogP contribution is -1.86. The quantitative estimate of drug-likeness (QED) is 0.727. The Balaban J connectivity index is 1.95. The normalized spacial score (nSPS) is 9.79. The van der Waals surface area contributed by atoms with E-state index in [4.69, 9.17) is 0 Å². The highest BCUT2D eigenvalue weighted by molar-refractivity contribution is 5.42. The number of nitrogens with zero attached hydrogens (tertiary/aromatic N) is 2. The smallest absolute Gasteiger partial charge is 0.0899 e. The molecule has 0 aliphatic carbocycles. The molecule has 0 atom stereocenters. The summed E-state index contributed by atoms with van der Waals surface area (Å²) in [4.78, 5) is 8.46. The van der Waals surface area contributed by atoms with Crippen LogP contribution >= 0.6 is 0 Å². The van der Waals surface area contributed by atoms with Crippen LogP contribution in [0, 0.1) is 13.8 Å². The Morgan fingerprint density at radius 1 is 0.737 bits per heavy atom. The van der Waals surface area contributed by atoms with Gasteiger partial charge < -0.3 is 0 Å². The van der Waals surface area contributed by atoms with Gasteiger partial charge in [0.2, 0.25) is 0 Å². The second kappa shape index (κ2) is 6.67. The van der Waals surface area contributed by atoms with Crippen LogP contribution in [0.15, 0.2) is 58.5 Å². The van der Waals surface area contributed by atoms with E-state index in [-0.39, 0.29) is 0 Å². The lowest BCUT2D eigenvalue weighted by atomic mass is 10.1. The van der Waals surface area contributed by atoms with Gasteiger partial charge in [0, 0.05) is 0 Å². The third-order valence-electron chi connectivity index (χ3n) is 3.16.